The molecule has 0 aromatic heterocycles. The number of hydrogen-bond acceptors (Lipinski definition) is 2. The lowest BCUT2D eigenvalue weighted by molar-refractivity contribution is -0.117. The van der Waals surface area contributed by atoms with Gasteiger partial charge in [-0.3, -0.25) is 4.79 Å². The second-order valence-electron chi connectivity index (χ2n) is 5.61. The number of fused-ring (bicyclic) bond motifs is 1. The van der Waals surface area contributed by atoms with Gasteiger partial charge in [0, 0.05) is 30.1 Å². The molecule has 104 valence electrons. The first kappa shape index (κ1) is 13.0. The Balaban J connectivity index is 1.86. The number of anilines is 1. The first-order chi connectivity index (χ1) is 9.79. The zero-order chi connectivity index (χ0) is 13.9. The first-order valence-corrected chi connectivity index (χ1v) is 7.21. The molecule has 2 aliphatic rings. The van der Waals surface area contributed by atoms with Crippen LogP contribution in [-0.4, -0.2) is 19.0 Å². The number of benzene rings is 1. The number of azide groups is 1. The van der Waals surface area contributed by atoms with Gasteiger partial charge in [0.25, 0.3) is 0 Å². The summed E-state index contributed by atoms with van der Waals surface area (Å²) in [6.45, 7) is 1.09. The van der Waals surface area contributed by atoms with E-state index in [2.05, 4.69) is 22.2 Å². The van der Waals surface area contributed by atoms with Gasteiger partial charge in [-0.05, 0) is 54.3 Å². The van der Waals surface area contributed by atoms with Gasteiger partial charge in [0.15, 0.2) is 0 Å². The van der Waals surface area contributed by atoms with Crippen LogP contribution in [0.2, 0.25) is 0 Å². The van der Waals surface area contributed by atoms with Crippen molar-refractivity contribution in [2.24, 2.45) is 11.0 Å². The highest BCUT2D eigenvalue weighted by Gasteiger charge is 2.31. The third-order valence-electron chi connectivity index (χ3n) is 4.27. The highest BCUT2D eigenvalue weighted by molar-refractivity contribution is 5.96. The van der Waals surface area contributed by atoms with Gasteiger partial charge in [0.05, 0.1) is 0 Å². The number of carbonyl (C=O) groups excluding carboxylic acids is 1. The van der Waals surface area contributed by atoms with Crippen LogP contribution in [0.3, 0.4) is 0 Å². The van der Waals surface area contributed by atoms with Crippen molar-refractivity contribution >= 4 is 11.6 Å². The predicted molar refractivity (Wildman–Crippen MR) is 77.6 cm³/mol. The van der Waals surface area contributed by atoms with Crippen molar-refractivity contribution in [1.82, 2.24) is 0 Å². The molecule has 1 saturated heterocycles. The van der Waals surface area contributed by atoms with Gasteiger partial charge in [-0.2, -0.15) is 0 Å². The summed E-state index contributed by atoms with van der Waals surface area (Å²) in [5.74, 6) is 0.306. The Morgan fingerprint density at radius 2 is 2.20 bits per heavy atom. The summed E-state index contributed by atoms with van der Waals surface area (Å²) >= 11 is 0. The maximum atomic E-state index is 12.2. The van der Waals surface area contributed by atoms with E-state index in [0.717, 1.165) is 18.5 Å². The fraction of sp³-hybridized carbons (Fsp3) is 0.533. The van der Waals surface area contributed by atoms with E-state index < -0.39 is 0 Å². The lowest BCUT2D eigenvalue weighted by atomic mass is 9.90. The van der Waals surface area contributed by atoms with E-state index >= 15 is 0 Å². The molecular formula is C15H18N4O. The Morgan fingerprint density at radius 1 is 1.35 bits per heavy atom. The standard InChI is InChI=1S/C15H18N4O/c16-18-17-9-11-8-15(20)19(10-11)14-7-3-5-12-4-1-2-6-13(12)14/h3,5,7,11H,1-2,4,6,8-10H2. The van der Waals surface area contributed by atoms with Gasteiger partial charge in [-0.1, -0.05) is 17.2 Å². The molecule has 0 N–H and O–H groups in total. The number of carbonyl (C=O) groups is 1. The van der Waals surface area contributed by atoms with Gasteiger partial charge in [0.2, 0.25) is 5.91 Å². The molecular weight excluding hydrogens is 252 g/mol. The van der Waals surface area contributed by atoms with Crippen LogP contribution in [0.1, 0.15) is 30.4 Å². The van der Waals surface area contributed by atoms with Gasteiger partial charge in [-0.25, -0.2) is 0 Å². The summed E-state index contributed by atoms with van der Waals surface area (Å²) in [5.41, 5.74) is 12.2. The molecule has 1 unspecified atom stereocenters. The molecule has 1 aliphatic heterocycles. The molecule has 3 rings (SSSR count). The van der Waals surface area contributed by atoms with Crippen molar-refractivity contribution in [2.45, 2.75) is 32.1 Å². The van der Waals surface area contributed by atoms with Gasteiger partial charge < -0.3 is 4.90 Å². The number of nitrogens with zero attached hydrogens (tertiary/aromatic N) is 4. The fourth-order valence-corrected chi connectivity index (χ4v) is 3.30. The molecule has 20 heavy (non-hydrogen) atoms. The molecule has 0 radical (unpaired) electrons. The van der Waals surface area contributed by atoms with Crippen molar-refractivity contribution < 1.29 is 4.79 Å². The van der Waals surface area contributed by atoms with Crippen LogP contribution in [0.5, 0.6) is 0 Å². The first-order valence-electron chi connectivity index (χ1n) is 7.21. The average molecular weight is 270 g/mol. The topological polar surface area (TPSA) is 69.1 Å². The minimum Gasteiger partial charge on any atom is -0.312 e. The number of rotatable bonds is 3. The van der Waals surface area contributed by atoms with E-state index in [0.29, 0.717) is 19.5 Å². The summed E-state index contributed by atoms with van der Waals surface area (Å²) in [4.78, 5) is 16.9. The van der Waals surface area contributed by atoms with Crippen molar-refractivity contribution in [3.8, 4) is 0 Å². The maximum absolute atomic E-state index is 12.2. The van der Waals surface area contributed by atoms with Crippen LogP contribution in [0, 0.1) is 5.92 Å². The SMILES string of the molecule is [N-]=[N+]=NCC1CC(=O)N(c2cccc3c2CCCC3)C1. The third-order valence-corrected chi connectivity index (χ3v) is 4.27. The zero-order valence-electron chi connectivity index (χ0n) is 11.5. The highest BCUT2D eigenvalue weighted by Crippen LogP contribution is 2.33. The van der Waals surface area contributed by atoms with E-state index in [1.807, 2.05) is 11.0 Å². The zero-order valence-corrected chi connectivity index (χ0v) is 11.5. The van der Waals surface area contributed by atoms with E-state index in [-0.39, 0.29) is 11.8 Å². The molecule has 1 aromatic rings. The number of aryl methyl sites for hydroxylation is 1. The quantitative estimate of drug-likeness (QED) is 0.472. The Bertz CT molecular complexity index is 577. The summed E-state index contributed by atoms with van der Waals surface area (Å²) in [6, 6.07) is 6.28. The van der Waals surface area contributed by atoms with Crippen LogP contribution < -0.4 is 4.90 Å². The summed E-state index contributed by atoms with van der Waals surface area (Å²) in [6.07, 6.45) is 5.12. The molecule has 0 bridgehead atoms. The van der Waals surface area contributed by atoms with Crippen LogP contribution in [0.25, 0.3) is 10.4 Å². The second-order valence-corrected chi connectivity index (χ2v) is 5.61. The molecule has 1 aromatic carbocycles. The third kappa shape index (κ3) is 2.37. The minimum absolute atomic E-state index is 0.151. The smallest absolute Gasteiger partial charge is 0.227 e. The molecule has 0 spiro atoms. The number of amides is 1. The lowest BCUT2D eigenvalue weighted by Crippen LogP contribution is -2.26. The predicted octanol–water partition coefficient (Wildman–Crippen LogP) is 3.23. The summed E-state index contributed by atoms with van der Waals surface area (Å²) < 4.78 is 0. The Morgan fingerprint density at radius 3 is 3.05 bits per heavy atom. The monoisotopic (exact) mass is 270 g/mol. The molecule has 1 atom stereocenters. The molecule has 1 heterocycles. The average Bonchev–Trinajstić information content (AvgIpc) is 2.85. The van der Waals surface area contributed by atoms with Crippen LogP contribution in [0.15, 0.2) is 23.3 Å². The van der Waals surface area contributed by atoms with Crippen LogP contribution in [0.4, 0.5) is 5.69 Å². The summed E-state index contributed by atoms with van der Waals surface area (Å²) in [5, 5.41) is 3.61. The molecule has 5 heteroatoms. The highest BCUT2D eigenvalue weighted by atomic mass is 16.2. The number of hydrogen-bond donors (Lipinski definition) is 0. The van der Waals surface area contributed by atoms with Gasteiger partial charge >= 0.3 is 0 Å². The Kier molecular flexibility index (Phi) is 3.61. The summed E-state index contributed by atoms with van der Waals surface area (Å²) in [7, 11) is 0. The van der Waals surface area contributed by atoms with Gasteiger partial charge in [0.1, 0.15) is 0 Å². The van der Waals surface area contributed by atoms with Crippen molar-refractivity contribution in [2.75, 3.05) is 18.0 Å². The second kappa shape index (κ2) is 5.55. The van der Waals surface area contributed by atoms with Gasteiger partial charge in [-0.15, -0.1) is 0 Å². The maximum Gasteiger partial charge on any atom is 0.227 e. The Hall–Kier alpha value is -2.00. The minimum atomic E-state index is 0.151. The van der Waals surface area contributed by atoms with Crippen molar-refractivity contribution in [3.63, 3.8) is 0 Å². The molecule has 1 aliphatic carbocycles. The van der Waals surface area contributed by atoms with Crippen LogP contribution in [-0.2, 0) is 17.6 Å². The largest absolute Gasteiger partial charge is 0.312 e. The molecule has 1 amide bonds. The Labute approximate surface area is 118 Å². The lowest BCUT2D eigenvalue weighted by Gasteiger charge is -2.25. The fourth-order valence-electron chi connectivity index (χ4n) is 3.30. The van der Waals surface area contributed by atoms with E-state index in [1.54, 1.807) is 0 Å². The van der Waals surface area contributed by atoms with Crippen molar-refractivity contribution in [3.05, 3.63) is 39.8 Å². The molecule has 0 saturated carbocycles. The van der Waals surface area contributed by atoms with Crippen LogP contribution >= 0.6 is 0 Å². The molecule has 5 nitrogen and oxygen atoms in total. The normalized spacial score (nSPS) is 21.5. The molecule has 1 fully saturated rings. The van der Waals surface area contributed by atoms with E-state index in [1.165, 1.54) is 24.0 Å². The van der Waals surface area contributed by atoms with E-state index in [9.17, 15) is 4.79 Å². The van der Waals surface area contributed by atoms with Crippen molar-refractivity contribution in [1.29, 1.82) is 0 Å². The van der Waals surface area contributed by atoms with E-state index in [4.69, 9.17) is 5.53 Å².